The summed E-state index contributed by atoms with van der Waals surface area (Å²) in [5, 5.41) is 13.7. The number of nitrogens with zero attached hydrogens (tertiary/aromatic N) is 4. The van der Waals surface area contributed by atoms with E-state index in [-0.39, 0.29) is 6.54 Å². The third kappa shape index (κ3) is 3.81. The van der Waals surface area contributed by atoms with Gasteiger partial charge in [0.2, 0.25) is 0 Å². The molecule has 12 heavy (non-hydrogen) atoms. The fourth-order valence-electron chi connectivity index (χ4n) is 0.417. The lowest BCUT2D eigenvalue weighted by atomic mass is 10.7. The third-order valence-corrected chi connectivity index (χ3v) is 1.20. The highest BCUT2D eigenvalue weighted by molar-refractivity contribution is 9.09. The summed E-state index contributed by atoms with van der Waals surface area (Å²) < 4.78 is 0. The second-order valence-electron chi connectivity index (χ2n) is 1.60. The number of hydrogen-bond donors (Lipinski definition) is 2. The zero-order valence-electron chi connectivity index (χ0n) is 5.92. The van der Waals surface area contributed by atoms with Crippen LogP contribution in [-0.2, 0) is 0 Å². The lowest BCUT2D eigenvalue weighted by molar-refractivity contribution is -0.796. The molecule has 68 valence electrons. The fraction of sp³-hybridized carbons (Fsp3) is 0.667. The van der Waals surface area contributed by atoms with Crippen LogP contribution < -0.4 is 5.73 Å². The molecule has 0 aliphatic carbocycles. The average Bonchev–Trinajstić information content (AvgIpc) is 1.98. The predicted octanol–water partition coefficient (Wildman–Crippen LogP) is -0.238. The first-order valence-corrected chi connectivity index (χ1v) is 3.91. The summed E-state index contributed by atoms with van der Waals surface area (Å²) in [5.41, 5.74) is 5.08. The average molecular weight is 241 g/mol. The molecule has 0 heterocycles. The lowest BCUT2D eigenvalue weighted by Crippen LogP contribution is -2.34. The molecular formula is C3H7BrN5O3+. The molecular weight excluding hydrogens is 234 g/mol. The summed E-state index contributed by atoms with van der Waals surface area (Å²) in [4.78, 5) is 19.9. The summed E-state index contributed by atoms with van der Waals surface area (Å²) in [7, 11) is 0. The smallest absolute Gasteiger partial charge is 0.363 e. The van der Waals surface area contributed by atoms with Crippen molar-refractivity contribution in [1.82, 2.24) is 5.01 Å². The first-order valence-electron chi connectivity index (χ1n) is 2.78. The zero-order valence-corrected chi connectivity index (χ0v) is 7.51. The summed E-state index contributed by atoms with van der Waals surface area (Å²) in [6.07, 6.45) is 0. The van der Waals surface area contributed by atoms with Gasteiger partial charge in [-0.2, -0.15) is 5.01 Å². The Morgan fingerprint density at radius 2 is 2.33 bits per heavy atom. The molecule has 0 radical (unpaired) electrons. The Hall–Kier alpha value is -1.25. The minimum atomic E-state index is -0.748. The second-order valence-corrected chi connectivity index (χ2v) is 2.40. The molecule has 0 saturated carbocycles. The van der Waals surface area contributed by atoms with E-state index in [9.17, 15) is 9.81 Å². The fourth-order valence-corrected chi connectivity index (χ4v) is 0.752. The largest absolute Gasteiger partial charge is 0.391 e. The van der Waals surface area contributed by atoms with E-state index in [1.807, 2.05) is 0 Å². The molecule has 0 atom stereocenters. The molecule has 0 aromatic carbocycles. The van der Waals surface area contributed by atoms with Crippen LogP contribution >= 0.6 is 15.9 Å². The second kappa shape index (κ2) is 5.41. The van der Waals surface area contributed by atoms with Gasteiger partial charge in [0.05, 0.1) is 11.8 Å². The van der Waals surface area contributed by atoms with Crippen LogP contribution in [0.4, 0.5) is 0 Å². The van der Waals surface area contributed by atoms with Crippen LogP contribution in [0.25, 0.3) is 0 Å². The zero-order chi connectivity index (χ0) is 9.56. The number of nitroso groups, excluding NO2 is 1. The van der Waals surface area contributed by atoms with Crippen molar-refractivity contribution in [2.24, 2.45) is 16.1 Å². The SMILES string of the molecule is N/C(=N\[N+](=O)O)N(CCBr)N=O. The van der Waals surface area contributed by atoms with E-state index < -0.39 is 11.0 Å². The first kappa shape index (κ1) is 10.8. The molecule has 0 fully saturated rings. The van der Waals surface area contributed by atoms with Gasteiger partial charge in [-0.25, -0.2) is 5.21 Å². The highest BCUT2D eigenvalue weighted by atomic mass is 79.9. The minimum absolute atomic E-state index is 0.159. The van der Waals surface area contributed by atoms with Crippen molar-refractivity contribution in [3.63, 3.8) is 0 Å². The Labute approximate surface area is 75.6 Å². The lowest BCUT2D eigenvalue weighted by Gasteiger charge is -2.07. The Bertz CT molecular complexity index is 206. The maximum absolute atomic E-state index is 10.0. The summed E-state index contributed by atoms with van der Waals surface area (Å²) in [6, 6.07) is 0. The maximum Gasteiger partial charge on any atom is 0.391 e. The molecule has 0 rings (SSSR count). The third-order valence-electron chi connectivity index (χ3n) is 0.847. The van der Waals surface area contributed by atoms with Crippen LogP contribution in [-0.4, -0.2) is 33.1 Å². The van der Waals surface area contributed by atoms with Crippen LogP contribution in [0.2, 0.25) is 0 Å². The van der Waals surface area contributed by atoms with Gasteiger partial charge in [-0.1, -0.05) is 15.9 Å². The summed E-state index contributed by atoms with van der Waals surface area (Å²) in [6.45, 7) is 0.159. The Morgan fingerprint density at radius 1 is 1.75 bits per heavy atom. The quantitative estimate of drug-likeness (QED) is 0.232. The van der Waals surface area contributed by atoms with Crippen molar-refractivity contribution in [3.8, 4) is 0 Å². The van der Waals surface area contributed by atoms with Crippen molar-refractivity contribution in [1.29, 1.82) is 0 Å². The molecule has 0 unspecified atom stereocenters. The summed E-state index contributed by atoms with van der Waals surface area (Å²) >= 11 is 3.02. The van der Waals surface area contributed by atoms with Gasteiger partial charge in [-0.3, -0.25) is 0 Å². The molecule has 0 amide bonds. The van der Waals surface area contributed by atoms with Crippen LogP contribution in [0.5, 0.6) is 0 Å². The Balaban J connectivity index is 4.29. The van der Waals surface area contributed by atoms with Gasteiger partial charge in [0.15, 0.2) is 0 Å². The molecule has 8 nitrogen and oxygen atoms in total. The van der Waals surface area contributed by atoms with Crippen molar-refractivity contribution in [3.05, 3.63) is 9.81 Å². The van der Waals surface area contributed by atoms with E-state index in [1.165, 1.54) is 0 Å². The van der Waals surface area contributed by atoms with E-state index in [0.717, 1.165) is 5.01 Å². The standard InChI is InChI=1S/C3H7BrN5O3/c4-1-2-8(7-10)3(5)6-9(11)12/h1-2H2,(H2,5,6)(H,11,12)/q+1. The number of guanidine groups is 1. The van der Waals surface area contributed by atoms with Gasteiger partial charge >= 0.3 is 5.03 Å². The molecule has 0 aliphatic rings. The molecule has 0 saturated heterocycles. The number of rotatable bonds is 4. The molecule has 9 heteroatoms. The van der Waals surface area contributed by atoms with Crippen LogP contribution in [0, 0.1) is 9.81 Å². The highest BCUT2D eigenvalue weighted by Gasteiger charge is 2.12. The molecule has 0 aromatic rings. The molecule has 0 bridgehead atoms. The van der Waals surface area contributed by atoms with E-state index in [4.69, 9.17) is 10.9 Å². The number of hydrogen-bond acceptors (Lipinski definition) is 3. The number of nitrogens with two attached hydrogens (primary N) is 1. The van der Waals surface area contributed by atoms with E-state index in [2.05, 4.69) is 26.3 Å². The molecule has 0 aliphatic heterocycles. The van der Waals surface area contributed by atoms with Gasteiger partial charge < -0.3 is 5.73 Å². The number of hydrazone groups is 1. The van der Waals surface area contributed by atoms with Gasteiger partial charge in [0.25, 0.3) is 5.96 Å². The van der Waals surface area contributed by atoms with Crippen LogP contribution in [0.1, 0.15) is 0 Å². The molecule has 3 N–H and O–H groups in total. The minimum Gasteiger partial charge on any atom is -0.363 e. The Kier molecular flexibility index (Phi) is 4.84. The number of halogens is 1. The van der Waals surface area contributed by atoms with Crippen molar-refractivity contribution in [2.45, 2.75) is 0 Å². The van der Waals surface area contributed by atoms with Crippen molar-refractivity contribution >= 4 is 21.9 Å². The van der Waals surface area contributed by atoms with Gasteiger partial charge in [-0.15, -0.1) is 4.91 Å². The molecule has 0 aromatic heterocycles. The van der Waals surface area contributed by atoms with E-state index in [0.29, 0.717) is 5.33 Å². The van der Waals surface area contributed by atoms with Gasteiger partial charge in [0, 0.05) is 5.33 Å². The highest BCUT2D eigenvalue weighted by Crippen LogP contribution is 1.91. The normalized spacial score (nSPS) is 10.9. The van der Waals surface area contributed by atoms with E-state index in [1.54, 1.807) is 0 Å². The monoisotopic (exact) mass is 240 g/mol. The van der Waals surface area contributed by atoms with Crippen molar-refractivity contribution in [2.75, 3.05) is 11.9 Å². The van der Waals surface area contributed by atoms with Crippen LogP contribution in [0.3, 0.4) is 0 Å². The number of alkyl halides is 1. The maximum atomic E-state index is 10.0. The van der Waals surface area contributed by atoms with Crippen LogP contribution in [0.15, 0.2) is 10.4 Å². The van der Waals surface area contributed by atoms with Gasteiger partial charge in [-0.05, 0) is 0 Å². The van der Waals surface area contributed by atoms with Gasteiger partial charge in [0.1, 0.15) is 10.0 Å². The first-order chi connectivity index (χ1) is 5.61. The van der Waals surface area contributed by atoms with Crippen molar-refractivity contribution < 1.29 is 10.2 Å². The topological polar surface area (TPSA) is 111 Å². The van der Waals surface area contributed by atoms with E-state index >= 15 is 0 Å². The molecule has 0 spiro atoms. The Morgan fingerprint density at radius 3 is 2.67 bits per heavy atom. The summed E-state index contributed by atoms with van der Waals surface area (Å²) in [5.74, 6) is -0.470. The predicted molar refractivity (Wildman–Crippen MR) is 43.3 cm³/mol.